The standard InChI is InChI=1S/C13H16O2/c1-7-5-13(15)8(2)4-10(7)12-6-11(12)9(3)14/h4-5,11-12,15H,6H2,1-3H3. The van der Waals surface area contributed by atoms with Crippen LogP contribution in [0.1, 0.15) is 36.0 Å². The molecule has 15 heavy (non-hydrogen) atoms. The molecule has 0 heterocycles. The molecule has 80 valence electrons. The fourth-order valence-electron chi connectivity index (χ4n) is 2.21. The number of aromatic hydroxyl groups is 1. The third-order valence-electron chi connectivity index (χ3n) is 3.30. The van der Waals surface area contributed by atoms with Crippen LogP contribution in [0, 0.1) is 19.8 Å². The van der Waals surface area contributed by atoms with Crippen molar-refractivity contribution in [1.82, 2.24) is 0 Å². The largest absolute Gasteiger partial charge is 0.508 e. The molecule has 1 N–H and O–H groups in total. The van der Waals surface area contributed by atoms with Crippen LogP contribution in [-0.4, -0.2) is 10.9 Å². The summed E-state index contributed by atoms with van der Waals surface area (Å²) in [7, 11) is 0. The minimum absolute atomic E-state index is 0.215. The quantitative estimate of drug-likeness (QED) is 0.804. The molecule has 0 bridgehead atoms. The summed E-state index contributed by atoms with van der Waals surface area (Å²) in [4.78, 5) is 11.2. The number of phenolic OH excluding ortho intramolecular Hbond substituents is 1. The van der Waals surface area contributed by atoms with E-state index in [2.05, 4.69) is 0 Å². The summed E-state index contributed by atoms with van der Waals surface area (Å²) in [6.07, 6.45) is 0.973. The average Bonchev–Trinajstić information content (AvgIpc) is 2.90. The Morgan fingerprint density at radius 3 is 2.53 bits per heavy atom. The fraction of sp³-hybridized carbons (Fsp3) is 0.462. The highest BCUT2D eigenvalue weighted by molar-refractivity contribution is 5.82. The third-order valence-corrected chi connectivity index (χ3v) is 3.30. The first kappa shape index (κ1) is 10.2. The van der Waals surface area contributed by atoms with Crippen molar-refractivity contribution in [3.8, 4) is 5.75 Å². The highest BCUT2D eigenvalue weighted by Crippen LogP contribution is 2.49. The van der Waals surface area contributed by atoms with Crippen LogP contribution in [0.2, 0.25) is 0 Å². The van der Waals surface area contributed by atoms with Crippen molar-refractivity contribution in [1.29, 1.82) is 0 Å². The maximum Gasteiger partial charge on any atom is 0.133 e. The molecule has 0 amide bonds. The van der Waals surface area contributed by atoms with Gasteiger partial charge in [-0.3, -0.25) is 4.79 Å². The fourth-order valence-corrected chi connectivity index (χ4v) is 2.21. The van der Waals surface area contributed by atoms with E-state index < -0.39 is 0 Å². The van der Waals surface area contributed by atoms with Crippen molar-refractivity contribution in [2.75, 3.05) is 0 Å². The van der Waals surface area contributed by atoms with E-state index in [0.717, 1.165) is 17.5 Å². The lowest BCUT2D eigenvalue weighted by Gasteiger charge is -2.08. The van der Waals surface area contributed by atoms with Crippen molar-refractivity contribution in [2.45, 2.75) is 33.1 Å². The molecule has 0 saturated heterocycles. The number of rotatable bonds is 2. The highest BCUT2D eigenvalue weighted by Gasteiger charge is 2.42. The number of hydrogen-bond acceptors (Lipinski definition) is 2. The van der Waals surface area contributed by atoms with Gasteiger partial charge in [0.25, 0.3) is 0 Å². The van der Waals surface area contributed by atoms with E-state index in [0.29, 0.717) is 11.7 Å². The predicted molar refractivity (Wildman–Crippen MR) is 59.1 cm³/mol. The predicted octanol–water partition coefficient (Wildman–Crippen LogP) is 2.70. The Bertz CT molecular complexity index is 421. The number of benzene rings is 1. The summed E-state index contributed by atoms with van der Waals surface area (Å²) in [5, 5.41) is 9.53. The van der Waals surface area contributed by atoms with E-state index in [1.807, 2.05) is 19.9 Å². The zero-order valence-electron chi connectivity index (χ0n) is 9.37. The molecule has 0 spiro atoms. The van der Waals surface area contributed by atoms with Gasteiger partial charge >= 0.3 is 0 Å². The normalized spacial score (nSPS) is 23.9. The van der Waals surface area contributed by atoms with Crippen LogP contribution in [0.15, 0.2) is 12.1 Å². The van der Waals surface area contributed by atoms with Gasteiger partial charge in [0.1, 0.15) is 11.5 Å². The van der Waals surface area contributed by atoms with Gasteiger partial charge in [0, 0.05) is 5.92 Å². The van der Waals surface area contributed by atoms with E-state index >= 15 is 0 Å². The summed E-state index contributed by atoms with van der Waals surface area (Å²) >= 11 is 0. The second-order valence-corrected chi connectivity index (χ2v) is 4.55. The molecule has 2 heteroatoms. The first-order valence-electron chi connectivity index (χ1n) is 5.31. The number of phenols is 1. The second kappa shape index (κ2) is 3.37. The number of aryl methyl sites for hydroxylation is 2. The first-order valence-corrected chi connectivity index (χ1v) is 5.31. The van der Waals surface area contributed by atoms with Gasteiger partial charge in [0.2, 0.25) is 0 Å². The molecule has 1 aromatic rings. The molecule has 2 unspecified atom stereocenters. The Morgan fingerprint density at radius 2 is 2.00 bits per heavy atom. The lowest BCUT2D eigenvalue weighted by atomic mass is 9.99. The van der Waals surface area contributed by atoms with Crippen LogP contribution in [0.25, 0.3) is 0 Å². The van der Waals surface area contributed by atoms with Crippen molar-refractivity contribution in [3.63, 3.8) is 0 Å². The van der Waals surface area contributed by atoms with Crippen LogP contribution in [0.5, 0.6) is 5.75 Å². The van der Waals surface area contributed by atoms with Gasteiger partial charge < -0.3 is 5.11 Å². The first-order chi connectivity index (χ1) is 7.00. The SMILES string of the molecule is CC(=O)C1CC1c1cc(C)c(O)cc1C. The molecule has 0 aromatic heterocycles. The maximum absolute atomic E-state index is 11.2. The molecule has 2 nitrogen and oxygen atoms in total. The Morgan fingerprint density at radius 1 is 1.33 bits per heavy atom. The topological polar surface area (TPSA) is 37.3 Å². The Labute approximate surface area is 89.9 Å². The summed E-state index contributed by atoms with van der Waals surface area (Å²) < 4.78 is 0. The number of Topliss-reactive ketones (excluding diaryl/α,β-unsaturated/α-hetero) is 1. The van der Waals surface area contributed by atoms with Crippen LogP contribution < -0.4 is 0 Å². The summed E-state index contributed by atoms with van der Waals surface area (Å²) in [6, 6.07) is 3.80. The number of carbonyl (C=O) groups is 1. The minimum atomic E-state index is 0.215. The van der Waals surface area contributed by atoms with E-state index in [1.54, 1.807) is 13.0 Å². The summed E-state index contributed by atoms with van der Waals surface area (Å²) in [5.41, 5.74) is 3.21. The smallest absolute Gasteiger partial charge is 0.133 e. The monoisotopic (exact) mass is 204 g/mol. The molecule has 1 aromatic carbocycles. The summed E-state index contributed by atoms with van der Waals surface area (Å²) in [5.74, 6) is 1.23. The summed E-state index contributed by atoms with van der Waals surface area (Å²) in [6.45, 7) is 5.54. The zero-order chi connectivity index (χ0) is 11.2. The van der Waals surface area contributed by atoms with Gasteiger partial charge in [-0.2, -0.15) is 0 Å². The molecule has 1 saturated carbocycles. The Kier molecular flexibility index (Phi) is 2.29. The van der Waals surface area contributed by atoms with E-state index in [1.165, 1.54) is 5.56 Å². The molecule has 1 fully saturated rings. The molecule has 0 aliphatic heterocycles. The number of hydrogen-bond donors (Lipinski definition) is 1. The minimum Gasteiger partial charge on any atom is -0.508 e. The lowest BCUT2D eigenvalue weighted by molar-refractivity contribution is -0.118. The van der Waals surface area contributed by atoms with E-state index in [9.17, 15) is 9.90 Å². The third kappa shape index (κ3) is 1.76. The molecular weight excluding hydrogens is 188 g/mol. The number of carbonyl (C=O) groups excluding carboxylic acids is 1. The highest BCUT2D eigenvalue weighted by atomic mass is 16.3. The average molecular weight is 204 g/mol. The molecular formula is C13H16O2. The van der Waals surface area contributed by atoms with Crippen molar-refractivity contribution >= 4 is 5.78 Å². The van der Waals surface area contributed by atoms with Crippen LogP contribution in [0.3, 0.4) is 0 Å². The van der Waals surface area contributed by atoms with Crippen molar-refractivity contribution in [2.24, 2.45) is 5.92 Å². The van der Waals surface area contributed by atoms with Gasteiger partial charge in [-0.25, -0.2) is 0 Å². The number of ketones is 1. The van der Waals surface area contributed by atoms with Gasteiger partial charge in [0.05, 0.1) is 0 Å². The second-order valence-electron chi connectivity index (χ2n) is 4.55. The van der Waals surface area contributed by atoms with Crippen LogP contribution >= 0.6 is 0 Å². The maximum atomic E-state index is 11.2. The van der Waals surface area contributed by atoms with E-state index in [4.69, 9.17) is 0 Å². The Balaban J connectivity index is 2.31. The molecule has 2 atom stereocenters. The lowest BCUT2D eigenvalue weighted by Crippen LogP contribution is -1.96. The molecule has 0 radical (unpaired) electrons. The van der Waals surface area contributed by atoms with Crippen molar-refractivity contribution < 1.29 is 9.90 Å². The van der Waals surface area contributed by atoms with Gasteiger partial charge in [-0.15, -0.1) is 0 Å². The van der Waals surface area contributed by atoms with Crippen LogP contribution in [-0.2, 0) is 4.79 Å². The van der Waals surface area contributed by atoms with Crippen LogP contribution in [0.4, 0.5) is 0 Å². The molecule has 1 aliphatic carbocycles. The van der Waals surface area contributed by atoms with Gasteiger partial charge in [0.15, 0.2) is 0 Å². The van der Waals surface area contributed by atoms with Gasteiger partial charge in [-0.1, -0.05) is 6.07 Å². The Hall–Kier alpha value is -1.31. The van der Waals surface area contributed by atoms with Gasteiger partial charge in [-0.05, 0) is 55.9 Å². The van der Waals surface area contributed by atoms with E-state index in [-0.39, 0.29) is 11.7 Å². The zero-order valence-corrected chi connectivity index (χ0v) is 9.37. The molecule has 2 rings (SSSR count). The van der Waals surface area contributed by atoms with Crippen molar-refractivity contribution in [3.05, 3.63) is 28.8 Å². The molecule has 1 aliphatic rings.